The third kappa shape index (κ3) is 3.53. The van der Waals surface area contributed by atoms with Crippen molar-refractivity contribution >= 4 is 22.9 Å². The van der Waals surface area contributed by atoms with Crippen LogP contribution in [0, 0.1) is 11.6 Å². The molecule has 0 saturated heterocycles. The van der Waals surface area contributed by atoms with Crippen LogP contribution in [0.2, 0.25) is 5.02 Å². The first kappa shape index (κ1) is 14.4. The molecule has 2 rings (SSSR count). The van der Waals surface area contributed by atoms with Crippen molar-refractivity contribution in [2.24, 2.45) is 0 Å². The summed E-state index contributed by atoms with van der Waals surface area (Å²) in [6, 6.07) is 5.06. The number of benzene rings is 1. The summed E-state index contributed by atoms with van der Waals surface area (Å²) < 4.78 is 26.7. The molecule has 1 aromatic carbocycles. The molecule has 102 valence electrons. The predicted molar refractivity (Wildman–Crippen MR) is 75.8 cm³/mol. The Morgan fingerprint density at radius 1 is 1.26 bits per heavy atom. The average Bonchev–Trinajstić information content (AvgIpc) is 2.75. The van der Waals surface area contributed by atoms with Crippen molar-refractivity contribution in [2.75, 3.05) is 6.54 Å². The minimum atomic E-state index is -0.578. The zero-order valence-corrected chi connectivity index (χ0v) is 12.0. The van der Waals surface area contributed by atoms with Gasteiger partial charge in [0.2, 0.25) is 0 Å². The van der Waals surface area contributed by atoms with E-state index in [1.54, 1.807) is 6.07 Å². The van der Waals surface area contributed by atoms with Crippen LogP contribution < -0.4 is 5.32 Å². The van der Waals surface area contributed by atoms with E-state index in [0.29, 0.717) is 10.6 Å². The Hall–Kier alpha value is -0.970. The smallest absolute Gasteiger partial charge is 0.126 e. The number of hydrogen-bond acceptors (Lipinski definition) is 2. The van der Waals surface area contributed by atoms with Crippen molar-refractivity contribution in [3.8, 4) is 0 Å². The molecule has 0 fully saturated rings. The van der Waals surface area contributed by atoms with Crippen molar-refractivity contribution in [3.63, 3.8) is 0 Å². The largest absolute Gasteiger partial charge is 0.306 e. The molecule has 1 atom stereocenters. The quantitative estimate of drug-likeness (QED) is 0.839. The molecule has 2 aromatic rings. The molecule has 0 aliphatic heterocycles. The van der Waals surface area contributed by atoms with E-state index in [9.17, 15) is 8.78 Å². The first-order chi connectivity index (χ1) is 9.11. The molecule has 1 heterocycles. The molecule has 19 heavy (non-hydrogen) atoms. The van der Waals surface area contributed by atoms with Crippen LogP contribution >= 0.6 is 22.9 Å². The Bertz CT molecular complexity index is 536. The number of hydrogen-bond donors (Lipinski definition) is 1. The van der Waals surface area contributed by atoms with Gasteiger partial charge < -0.3 is 5.32 Å². The van der Waals surface area contributed by atoms with Crippen molar-refractivity contribution in [1.29, 1.82) is 0 Å². The normalized spacial score (nSPS) is 12.6. The third-order valence-electron chi connectivity index (χ3n) is 2.72. The van der Waals surface area contributed by atoms with Crippen molar-refractivity contribution in [1.82, 2.24) is 5.32 Å². The molecule has 0 bridgehead atoms. The summed E-state index contributed by atoms with van der Waals surface area (Å²) in [5.41, 5.74) is 0.551. The Morgan fingerprint density at radius 3 is 2.47 bits per heavy atom. The van der Waals surface area contributed by atoms with Crippen molar-refractivity contribution < 1.29 is 8.78 Å². The first-order valence-corrected chi connectivity index (χ1v) is 7.30. The van der Waals surface area contributed by atoms with Gasteiger partial charge in [-0.1, -0.05) is 18.5 Å². The van der Waals surface area contributed by atoms with Crippen molar-refractivity contribution in [3.05, 3.63) is 56.7 Å². The summed E-state index contributed by atoms with van der Waals surface area (Å²) in [4.78, 5) is 0.875. The zero-order valence-electron chi connectivity index (χ0n) is 10.4. The lowest BCUT2D eigenvalue weighted by atomic mass is 10.0. The van der Waals surface area contributed by atoms with E-state index in [2.05, 4.69) is 5.32 Å². The fourth-order valence-electron chi connectivity index (χ4n) is 1.90. The second kappa shape index (κ2) is 6.46. The van der Waals surface area contributed by atoms with Crippen LogP contribution in [0.25, 0.3) is 0 Å². The van der Waals surface area contributed by atoms with Crippen molar-refractivity contribution in [2.45, 2.75) is 19.4 Å². The summed E-state index contributed by atoms with van der Waals surface area (Å²) >= 11 is 7.60. The Kier molecular flexibility index (Phi) is 4.91. The van der Waals surface area contributed by atoms with Gasteiger partial charge in [0.1, 0.15) is 11.6 Å². The minimum absolute atomic E-state index is 0.280. The lowest BCUT2D eigenvalue weighted by Crippen LogP contribution is -2.23. The van der Waals surface area contributed by atoms with Crippen LogP contribution in [0.1, 0.15) is 29.8 Å². The summed E-state index contributed by atoms with van der Waals surface area (Å²) in [7, 11) is 0. The van der Waals surface area contributed by atoms with Gasteiger partial charge in [-0.2, -0.15) is 0 Å². The highest BCUT2D eigenvalue weighted by atomic mass is 35.5. The first-order valence-electron chi connectivity index (χ1n) is 6.04. The maximum Gasteiger partial charge on any atom is 0.126 e. The molecule has 0 spiro atoms. The van der Waals surface area contributed by atoms with E-state index in [4.69, 9.17) is 11.6 Å². The molecule has 1 unspecified atom stereocenters. The molecule has 0 aliphatic rings. The van der Waals surface area contributed by atoms with E-state index in [1.165, 1.54) is 23.5 Å². The summed E-state index contributed by atoms with van der Waals surface area (Å²) in [6.45, 7) is 2.78. The molecule has 1 N–H and O–H groups in total. The van der Waals surface area contributed by atoms with E-state index in [1.807, 2.05) is 12.3 Å². The number of halogens is 3. The molecule has 5 heteroatoms. The van der Waals surface area contributed by atoms with E-state index < -0.39 is 11.6 Å². The van der Waals surface area contributed by atoms with Gasteiger partial charge in [0, 0.05) is 10.9 Å². The SMILES string of the molecule is CCCNC(c1cc(F)cc(F)c1)c1sccc1Cl. The maximum absolute atomic E-state index is 13.4. The highest BCUT2D eigenvalue weighted by Gasteiger charge is 2.19. The number of nitrogens with one attached hydrogen (secondary N) is 1. The molecule has 0 saturated carbocycles. The van der Waals surface area contributed by atoms with Gasteiger partial charge in [0.05, 0.1) is 11.1 Å². The molecule has 1 aromatic heterocycles. The molecule has 0 amide bonds. The Labute approximate surface area is 120 Å². The van der Waals surface area contributed by atoms with Gasteiger partial charge in [-0.15, -0.1) is 11.3 Å². The van der Waals surface area contributed by atoms with E-state index in [-0.39, 0.29) is 6.04 Å². The Balaban J connectivity index is 2.39. The van der Waals surface area contributed by atoms with Gasteiger partial charge in [-0.25, -0.2) is 8.78 Å². The monoisotopic (exact) mass is 301 g/mol. The number of rotatable bonds is 5. The minimum Gasteiger partial charge on any atom is -0.306 e. The lowest BCUT2D eigenvalue weighted by molar-refractivity contribution is 0.561. The topological polar surface area (TPSA) is 12.0 Å². The Morgan fingerprint density at radius 2 is 1.95 bits per heavy atom. The highest BCUT2D eigenvalue weighted by Crippen LogP contribution is 2.33. The molecular weight excluding hydrogens is 288 g/mol. The predicted octanol–water partition coefficient (Wildman–Crippen LogP) is 4.77. The fraction of sp³-hybridized carbons (Fsp3) is 0.286. The fourth-order valence-corrected chi connectivity index (χ4v) is 3.17. The maximum atomic E-state index is 13.4. The molecule has 0 radical (unpaired) electrons. The van der Waals surface area contributed by atoms with Gasteiger partial charge in [-0.3, -0.25) is 0 Å². The van der Waals surface area contributed by atoms with Crippen LogP contribution in [0.3, 0.4) is 0 Å². The lowest BCUT2D eigenvalue weighted by Gasteiger charge is -2.18. The van der Waals surface area contributed by atoms with E-state index in [0.717, 1.165) is 23.9 Å². The molecule has 1 nitrogen and oxygen atoms in total. The second-order valence-corrected chi connectivity index (χ2v) is 5.58. The second-order valence-electron chi connectivity index (χ2n) is 4.22. The van der Waals surface area contributed by atoms with Crippen LogP contribution in [0.5, 0.6) is 0 Å². The average molecular weight is 302 g/mol. The number of thiophene rings is 1. The van der Waals surface area contributed by atoms with E-state index >= 15 is 0 Å². The van der Waals surface area contributed by atoms with Crippen LogP contribution in [0.15, 0.2) is 29.6 Å². The summed E-state index contributed by atoms with van der Waals surface area (Å²) in [5, 5.41) is 5.76. The third-order valence-corrected chi connectivity index (χ3v) is 4.15. The molecule has 0 aliphatic carbocycles. The van der Waals surface area contributed by atoms with Gasteiger partial charge in [0.25, 0.3) is 0 Å². The zero-order chi connectivity index (χ0) is 13.8. The standard InChI is InChI=1S/C14H14ClF2NS/c1-2-4-18-13(14-12(15)3-5-19-14)9-6-10(16)8-11(17)7-9/h3,5-8,13,18H,2,4H2,1H3. The summed E-state index contributed by atoms with van der Waals surface area (Å²) in [6.07, 6.45) is 0.928. The molecular formula is C14H14ClF2NS. The van der Waals surface area contributed by atoms with Crippen LogP contribution in [0.4, 0.5) is 8.78 Å². The summed E-state index contributed by atoms with van der Waals surface area (Å²) in [5.74, 6) is -1.16. The van der Waals surface area contributed by atoms with Crippen LogP contribution in [-0.4, -0.2) is 6.54 Å². The van der Waals surface area contributed by atoms with Gasteiger partial charge in [0.15, 0.2) is 0 Å². The van der Waals surface area contributed by atoms with Crippen LogP contribution in [-0.2, 0) is 0 Å². The van der Waals surface area contributed by atoms with Gasteiger partial charge in [-0.05, 0) is 42.1 Å². The highest BCUT2D eigenvalue weighted by molar-refractivity contribution is 7.10. The van der Waals surface area contributed by atoms with Gasteiger partial charge >= 0.3 is 0 Å².